The van der Waals surface area contributed by atoms with Crippen LogP contribution in [0.5, 0.6) is 0 Å². The largest absolute Gasteiger partial charge is 0.356 e. The minimum Gasteiger partial charge on any atom is -0.356 e. The predicted octanol–water partition coefficient (Wildman–Crippen LogP) is 2.43. The van der Waals surface area contributed by atoms with Gasteiger partial charge in [0.05, 0.1) is 5.69 Å². The molecule has 1 fully saturated rings. The molecule has 3 nitrogen and oxygen atoms in total. The van der Waals surface area contributed by atoms with Gasteiger partial charge in [-0.2, -0.15) is 0 Å². The van der Waals surface area contributed by atoms with Crippen LogP contribution in [0.4, 0.5) is 4.39 Å². The topological polar surface area (TPSA) is 38.1 Å². The first-order valence-electron chi connectivity index (χ1n) is 9.04. The van der Waals surface area contributed by atoms with E-state index in [2.05, 4.69) is 5.16 Å². The lowest BCUT2D eigenvalue weighted by Gasteiger charge is -2.20. The van der Waals surface area contributed by atoms with Crippen LogP contribution in [-0.2, 0) is 0 Å². The maximum Gasteiger partial charge on any atom is 0.170 e. The third-order valence-electron chi connectivity index (χ3n) is 2.17. The van der Waals surface area contributed by atoms with Gasteiger partial charge in [0.25, 0.3) is 0 Å². The minimum atomic E-state index is -3.26. The quantitative estimate of drug-likeness (QED) is 0.816. The lowest BCUT2D eigenvalue weighted by atomic mass is 9.93. The van der Waals surface area contributed by atoms with Crippen molar-refractivity contribution in [2.75, 3.05) is 13.0 Å². The predicted molar refractivity (Wildman–Crippen MR) is 58.8 cm³/mol. The number of piperidine rings is 1. The van der Waals surface area contributed by atoms with Crippen LogP contribution < -0.4 is 5.32 Å². The monoisotopic (exact) mass is 229 g/mol. The molecule has 2 heterocycles. The van der Waals surface area contributed by atoms with E-state index in [1.165, 1.54) is 0 Å². The van der Waals surface area contributed by atoms with Crippen LogP contribution >= 0.6 is 0 Å². The van der Waals surface area contributed by atoms with Gasteiger partial charge in [0, 0.05) is 29.7 Å². The summed E-state index contributed by atoms with van der Waals surface area (Å²) in [6.07, 6.45) is -6.51. The molecule has 2 aromatic rings. The van der Waals surface area contributed by atoms with Crippen LogP contribution in [0.1, 0.15) is 36.7 Å². The Balaban J connectivity index is 2.38. The highest BCUT2D eigenvalue weighted by atomic mass is 19.1. The van der Waals surface area contributed by atoms with Gasteiger partial charge in [-0.15, -0.1) is 0 Å². The molecule has 0 atom stereocenters. The minimum absolute atomic E-state index is 0.0994. The summed E-state index contributed by atoms with van der Waals surface area (Å²) in [7, 11) is 0. The molecule has 1 saturated heterocycles. The van der Waals surface area contributed by atoms with Crippen LogP contribution in [-0.4, -0.2) is 18.2 Å². The summed E-state index contributed by atoms with van der Waals surface area (Å²) < 4.78 is 90.3. The highest BCUT2D eigenvalue weighted by Gasteiger charge is 2.21. The van der Waals surface area contributed by atoms with Crippen molar-refractivity contribution in [3.05, 3.63) is 29.7 Å². The Morgan fingerprint density at radius 1 is 1.50 bits per heavy atom. The Bertz CT molecular complexity index is 824. The molecule has 4 heteroatoms. The average molecular weight is 229 g/mol. The number of rotatable bonds is 1. The van der Waals surface area contributed by atoms with Crippen molar-refractivity contribution in [3.8, 4) is 0 Å². The van der Waals surface area contributed by atoms with Gasteiger partial charge in [0.1, 0.15) is 5.82 Å². The van der Waals surface area contributed by atoms with Crippen molar-refractivity contribution in [1.82, 2.24) is 10.5 Å². The number of aromatic nitrogens is 1. The normalized spacial score (nSPS) is 40.9. The highest BCUT2D eigenvalue weighted by molar-refractivity contribution is 5.79. The van der Waals surface area contributed by atoms with Gasteiger partial charge in [0.2, 0.25) is 0 Å². The summed E-state index contributed by atoms with van der Waals surface area (Å²) in [5.74, 6) is -3.84. The zero-order valence-corrected chi connectivity index (χ0v) is 7.97. The van der Waals surface area contributed by atoms with Gasteiger partial charge >= 0.3 is 0 Å². The van der Waals surface area contributed by atoms with E-state index in [0.717, 1.165) is 18.2 Å². The Morgan fingerprint density at radius 3 is 3.12 bits per heavy atom. The van der Waals surface area contributed by atoms with Gasteiger partial charge in [-0.05, 0) is 37.9 Å². The number of hydrogen-bond acceptors (Lipinski definition) is 3. The first-order valence-corrected chi connectivity index (χ1v) is 4.54. The van der Waals surface area contributed by atoms with E-state index >= 15 is 0 Å². The van der Waals surface area contributed by atoms with Crippen molar-refractivity contribution < 1.29 is 21.3 Å². The van der Waals surface area contributed by atoms with Crippen molar-refractivity contribution in [2.24, 2.45) is 0 Å². The van der Waals surface area contributed by atoms with E-state index in [0.29, 0.717) is 0 Å². The maximum absolute atomic E-state index is 13.3. The second-order valence-electron chi connectivity index (χ2n) is 3.17. The SMILES string of the molecule is [2H]C1([2H])NC([2H])([2H])C([2H])([2H])C([2H])(c2noc3cc(F)ccc23)C1([2H])[2H]. The number of hydrogen-bond donors (Lipinski definition) is 1. The molecule has 0 bridgehead atoms. The summed E-state index contributed by atoms with van der Waals surface area (Å²) in [4.78, 5) is 0. The molecule has 16 heavy (non-hydrogen) atoms. The lowest BCUT2D eigenvalue weighted by Crippen LogP contribution is -2.26. The summed E-state index contributed by atoms with van der Waals surface area (Å²) in [6, 6.07) is 2.98. The smallest absolute Gasteiger partial charge is 0.170 e. The van der Waals surface area contributed by atoms with Crippen LogP contribution in [0, 0.1) is 5.82 Å². The molecule has 0 saturated carbocycles. The number of benzene rings is 1. The van der Waals surface area contributed by atoms with Crippen molar-refractivity contribution in [3.63, 3.8) is 0 Å². The number of nitrogens with one attached hydrogen (secondary N) is 1. The molecule has 1 aliphatic heterocycles. The van der Waals surface area contributed by atoms with E-state index in [1.807, 2.05) is 0 Å². The highest BCUT2D eigenvalue weighted by Crippen LogP contribution is 2.30. The Hall–Kier alpha value is -1.42. The Kier molecular flexibility index (Phi) is 0.993. The standard InChI is InChI=1S/C12H13FN2O/c13-9-1-2-10-11(7-9)16-15-12(10)8-3-5-14-6-4-8/h1-2,7-8,14H,3-6H2/i3D2,4D2,5D2,6D2,8D. The molecule has 1 N–H and O–H groups in total. The van der Waals surface area contributed by atoms with Crippen molar-refractivity contribution in [1.29, 1.82) is 0 Å². The number of halogens is 1. The Labute approximate surface area is 105 Å². The summed E-state index contributed by atoms with van der Waals surface area (Å²) in [5, 5.41) is 5.05. The molecule has 84 valence electrons. The fraction of sp³-hybridized carbons (Fsp3) is 0.417. The van der Waals surface area contributed by atoms with Gasteiger partial charge < -0.3 is 9.84 Å². The molecule has 0 aliphatic carbocycles. The van der Waals surface area contributed by atoms with Crippen LogP contribution in [0.15, 0.2) is 22.7 Å². The zero-order valence-electron chi connectivity index (χ0n) is 17.0. The number of nitrogens with zero attached hydrogens (tertiary/aromatic N) is 1. The summed E-state index contributed by atoms with van der Waals surface area (Å²) in [6.45, 7) is -6.20. The fourth-order valence-corrected chi connectivity index (χ4v) is 1.46. The molecular formula is C12H13FN2O. The lowest BCUT2D eigenvalue weighted by molar-refractivity contribution is 0.403. The van der Waals surface area contributed by atoms with Crippen molar-refractivity contribution in [2.45, 2.75) is 18.6 Å². The van der Waals surface area contributed by atoms with E-state index < -0.39 is 43.1 Å². The van der Waals surface area contributed by atoms with Gasteiger partial charge in [0.15, 0.2) is 5.58 Å². The fourth-order valence-electron chi connectivity index (χ4n) is 1.46. The van der Waals surface area contributed by atoms with E-state index in [1.54, 1.807) is 5.32 Å². The summed E-state index contributed by atoms with van der Waals surface area (Å²) in [5.41, 5.74) is -0.834. The van der Waals surface area contributed by atoms with E-state index in [9.17, 15) is 4.39 Å². The molecule has 0 radical (unpaired) electrons. The second-order valence-corrected chi connectivity index (χ2v) is 3.17. The van der Waals surface area contributed by atoms with E-state index in [-0.39, 0.29) is 11.0 Å². The van der Waals surface area contributed by atoms with E-state index in [4.69, 9.17) is 16.9 Å². The first kappa shape index (κ1) is 4.11. The molecule has 3 rings (SSSR count). The third kappa shape index (κ3) is 1.59. The molecule has 1 aliphatic rings. The molecule has 1 aromatic carbocycles. The van der Waals surface area contributed by atoms with Gasteiger partial charge in [-0.25, -0.2) is 4.39 Å². The third-order valence-corrected chi connectivity index (χ3v) is 2.17. The maximum atomic E-state index is 13.3. The average Bonchev–Trinajstić information content (AvgIpc) is 2.86. The molecule has 0 unspecified atom stereocenters. The van der Waals surface area contributed by atoms with Crippen LogP contribution in [0.2, 0.25) is 0 Å². The number of fused-ring (bicyclic) bond motifs is 1. The van der Waals surface area contributed by atoms with Crippen LogP contribution in [0.3, 0.4) is 0 Å². The van der Waals surface area contributed by atoms with Gasteiger partial charge in [-0.1, -0.05) is 5.16 Å². The summed E-state index contributed by atoms with van der Waals surface area (Å²) >= 11 is 0. The first-order chi connectivity index (χ1) is 11.2. The molecular weight excluding hydrogens is 207 g/mol. The zero-order chi connectivity index (χ0) is 19.1. The Morgan fingerprint density at radius 2 is 2.31 bits per heavy atom. The molecule has 0 amide bonds. The van der Waals surface area contributed by atoms with Gasteiger partial charge in [-0.3, -0.25) is 0 Å². The van der Waals surface area contributed by atoms with Crippen LogP contribution in [0.25, 0.3) is 11.0 Å². The van der Waals surface area contributed by atoms with Crippen molar-refractivity contribution >= 4 is 11.0 Å². The molecule has 0 spiro atoms. The second kappa shape index (κ2) is 3.87. The molecule has 1 aromatic heterocycles.